The Labute approximate surface area is 175 Å². The number of hydrogen-bond donors (Lipinski definition) is 2. The Morgan fingerprint density at radius 3 is 2.45 bits per heavy atom. The van der Waals surface area contributed by atoms with E-state index in [9.17, 15) is 14.0 Å². The fourth-order valence-electron chi connectivity index (χ4n) is 3.60. The van der Waals surface area contributed by atoms with Crippen LogP contribution in [0.4, 0.5) is 15.8 Å². The highest BCUT2D eigenvalue weighted by molar-refractivity contribution is 6.30. The van der Waals surface area contributed by atoms with Gasteiger partial charge in [-0.3, -0.25) is 9.59 Å². The Morgan fingerprint density at radius 2 is 1.79 bits per heavy atom. The van der Waals surface area contributed by atoms with Crippen LogP contribution in [0.15, 0.2) is 42.5 Å². The summed E-state index contributed by atoms with van der Waals surface area (Å²) in [5, 5.41) is 6.20. The maximum absolute atomic E-state index is 13.9. The SMILES string of the molecule is CC(=O)NC(CC(=O)Nc1cc(F)ccc1N1CCCCC1)c1ccc(Cl)cc1. The summed E-state index contributed by atoms with van der Waals surface area (Å²) in [6.07, 6.45) is 3.36. The minimum atomic E-state index is -0.503. The quantitative estimate of drug-likeness (QED) is 0.717. The maximum Gasteiger partial charge on any atom is 0.226 e. The van der Waals surface area contributed by atoms with E-state index in [-0.39, 0.29) is 18.2 Å². The lowest BCUT2D eigenvalue weighted by Gasteiger charge is -2.30. The Bertz CT molecular complexity index is 867. The molecule has 7 heteroatoms. The zero-order valence-electron chi connectivity index (χ0n) is 16.4. The van der Waals surface area contributed by atoms with Crippen molar-refractivity contribution in [2.45, 2.75) is 38.6 Å². The Balaban J connectivity index is 1.76. The molecule has 0 radical (unpaired) electrons. The molecule has 1 fully saturated rings. The van der Waals surface area contributed by atoms with Crippen molar-refractivity contribution in [2.75, 3.05) is 23.3 Å². The minimum absolute atomic E-state index is 0.0250. The molecule has 0 bridgehead atoms. The highest BCUT2D eigenvalue weighted by Crippen LogP contribution is 2.30. The molecule has 0 aromatic heterocycles. The van der Waals surface area contributed by atoms with Gasteiger partial charge in [0.2, 0.25) is 11.8 Å². The van der Waals surface area contributed by atoms with Crippen LogP contribution < -0.4 is 15.5 Å². The van der Waals surface area contributed by atoms with Crippen LogP contribution in [0.3, 0.4) is 0 Å². The Morgan fingerprint density at radius 1 is 1.10 bits per heavy atom. The van der Waals surface area contributed by atoms with Gasteiger partial charge >= 0.3 is 0 Å². The number of carbonyl (C=O) groups excluding carboxylic acids is 2. The first kappa shape index (κ1) is 21.1. The highest BCUT2D eigenvalue weighted by atomic mass is 35.5. The number of nitrogens with zero attached hydrogens (tertiary/aromatic N) is 1. The van der Waals surface area contributed by atoms with Gasteiger partial charge in [-0.2, -0.15) is 0 Å². The van der Waals surface area contributed by atoms with Gasteiger partial charge in [0.15, 0.2) is 0 Å². The van der Waals surface area contributed by atoms with Crippen molar-refractivity contribution in [1.29, 1.82) is 0 Å². The van der Waals surface area contributed by atoms with Gasteiger partial charge in [0, 0.05) is 25.0 Å². The van der Waals surface area contributed by atoms with Gasteiger partial charge in [-0.05, 0) is 55.2 Å². The zero-order valence-corrected chi connectivity index (χ0v) is 17.1. The Hall–Kier alpha value is -2.60. The van der Waals surface area contributed by atoms with Gasteiger partial charge in [0.25, 0.3) is 0 Å². The second-order valence-corrected chi connectivity index (χ2v) is 7.70. The molecule has 1 aliphatic heterocycles. The van der Waals surface area contributed by atoms with Gasteiger partial charge in [-0.25, -0.2) is 4.39 Å². The lowest BCUT2D eigenvalue weighted by Crippen LogP contribution is -2.32. The lowest BCUT2D eigenvalue weighted by atomic mass is 10.0. The summed E-state index contributed by atoms with van der Waals surface area (Å²) < 4.78 is 13.9. The normalized spacial score (nSPS) is 14.9. The molecule has 5 nitrogen and oxygen atoms in total. The van der Waals surface area contributed by atoms with E-state index in [1.807, 2.05) is 0 Å². The van der Waals surface area contributed by atoms with E-state index in [0.717, 1.165) is 37.2 Å². The number of rotatable bonds is 6. The summed E-state index contributed by atoms with van der Waals surface area (Å²) in [5.41, 5.74) is 2.05. The van der Waals surface area contributed by atoms with Gasteiger partial charge < -0.3 is 15.5 Å². The van der Waals surface area contributed by atoms with Crippen LogP contribution in [0.25, 0.3) is 0 Å². The summed E-state index contributed by atoms with van der Waals surface area (Å²) in [5.74, 6) is -0.947. The van der Waals surface area contributed by atoms with Crippen molar-refractivity contribution in [3.63, 3.8) is 0 Å². The van der Waals surface area contributed by atoms with Crippen LogP contribution in [0.5, 0.6) is 0 Å². The Kier molecular flexibility index (Phi) is 7.09. The lowest BCUT2D eigenvalue weighted by molar-refractivity contribution is -0.120. The summed E-state index contributed by atoms with van der Waals surface area (Å²) in [7, 11) is 0. The fourth-order valence-corrected chi connectivity index (χ4v) is 3.72. The maximum atomic E-state index is 13.9. The van der Waals surface area contributed by atoms with Crippen molar-refractivity contribution in [3.05, 3.63) is 58.9 Å². The number of amides is 2. The molecule has 1 saturated heterocycles. The number of halogens is 2. The van der Waals surface area contributed by atoms with Crippen molar-refractivity contribution in [1.82, 2.24) is 5.32 Å². The van der Waals surface area contributed by atoms with Crippen LogP contribution in [-0.4, -0.2) is 24.9 Å². The first-order valence-electron chi connectivity index (χ1n) is 9.79. The number of benzene rings is 2. The predicted molar refractivity (Wildman–Crippen MR) is 114 cm³/mol. The van der Waals surface area contributed by atoms with Crippen LogP contribution >= 0.6 is 11.6 Å². The molecular weight excluding hydrogens is 393 g/mol. The molecule has 2 amide bonds. The fraction of sp³-hybridized carbons (Fsp3) is 0.364. The molecule has 29 heavy (non-hydrogen) atoms. The van der Waals surface area contributed by atoms with Crippen LogP contribution in [0.2, 0.25) is 5.02 Å². The first-order chi connectivity index (χ1) is 13.9. The smallest absolute Gasteiger partial charge is 0.226 e. The third-order valence-electron chi connectivity index (χ3n) is 4.97. The standard InChI is InChI=1S/C22H25ClFN3O2/c1-15(28)25-19(16-5-7-17(23)8-6-16)14-22(29)26-20-13-18(24)9-10-21(20)27-11-3-2-4-12-27/h5-10,13,19H,2-4,11-12,14H2,1H3,(H,25,28)(H,26,29). The van der Waals surface area contributed by atoms with E-state index in [2.05, 4.69) is 15.5 Å². The summed E-state index contributed by atoms with van der Waals surface area (Å²) in [6, 6.07) is 10.9. The van der Waals surface area contributed by atoms with Crippen molar-refractivity contribution >= 4 is 34.8 Å². The minimum Gasteiger partial charge on any atom is -0.370 e. The number of nitrogens with one attached hydrogen (secondary N) is 2. The summed E-state index contributed by atoms with van der Waals surface area (Å²) in [4.78, 5) is 26.5. The first-order valence-corrected chi connectivity index (χ1v) is 10.2. The average molecular weight is 418 g/mol. The monoisotopic (exact) mass is 417 g/mol. The predicted octanol–water partition coefficient (Wildman–Crippen LogP) is 4.68. The molecule has 2 aromatic rings. The summed E-state index contributed by atoms with van der Waals surface area (Å²) >= 11 is 5.93. The number of anilines is 2. The number of hydrogen-bond acceptors (Lipinski definition) is 3. The van der Waals surface area contributed by atoms with Gasteiger partial charge in [-0.1, -0.05) is 23.7 Å². The molecule has 3 rings (SSSR count). The largest absolute Gasteiger partial charge is 0.370 e. The van der Waals surface area contributed by atoms with Gasteiger partial charge in [-0.15, -0.1) is 0 Å². The van der Waals surface area contributed by atoms with Crippen LogP contribution in [-0.2, 0) is 9.59 Å². The van der Waals surface area contributed by atoms with E-state index in [1.54, 1.807) is 30.3 Å². The topological polar surface area (TPSA) is 61.4 Å². The summed E-state index contributed by atoms with van der Waals surface area (Å²) in [6.45, 7) is 3.17. The molecule has 0 aliphatic carbocycles. The average Bonchev–Trinajstić information content (AvgIpc) is 2.68. The molecule has 0 saturated carbocycles. The molecule has 2 N–H and O–H groups in total. The molecule has 1 unspecified atom stereocenters. The molecule has 1 atom stereocenters. The zero-order chi connectivity index (χ0) is 20.8. The van der Waals surface area contributed by atoms with E-state index in [0.29, 0.717) is 10.7 Å². The van der Waals surface area contributed by atoms with Gasteiger partial charge in [0.05, 0.1) is 23.8 Å². The second-order valence-electron chi connectivity index (χ2n) is 7.27. The van der Waals surface area contributed by atoms with E-state index in [4.69, 9.17) is 11.6 Å². The van der Waals surface area contributed by atoms with Crippen molar-refractivity contribution < 1.29 is 14.0 Å². The van der Waals surface area contributed by atoms with Gasteiger partial charge in [0.1, 0.15) is 5.82 Å². The molecule has 154 valence electrons. The van der Waals surface area contributed by atoms with E-state index < -0.39 is 11.9 Å². The molecular formula is C22H25ClFN3O2. The molecule has 2 aromatic carbocycles. The van der Waals surface area contributed by atoms with E-state index in [1.165, 1.54) is 25.5 Å². The van der Waals surface area contributed by atoms with Crippen LogP contribution in [0, 0.1) is 5.82 Å². The highest BCUT2D eigenvalue weighted by Gasteiger charge is 2.20. The molecule has 0 spiro atoms. The number of piperidine rings is 1. The third kappa shape index (κ3) is 5.94. The van der Waals surface area contributed by atoms with Crippen LogP contribution in [0.1, 0.15) is 44.2 Å². The van der Waals surface area contributed by atoms with Crippen molar-refractivity contribution in [3.8, 4) is 0 Å². The third-order valence-corrected chi connectivity index (χ3v) is 5.22. The van der Waals surface area contributed by atoms with Crippen molar-refractivity contribution in [2.24, 2.45) is 0 Å². The second kappa shape index (κ2) is 9.74. The molecule has 1 aliphatic rings. The van der Waals surface area contributed by atoms with E-state index >= 15 is 0 Å². The number of carbonyl (C=O) groups is 2. The molecule has 1 heterocycles.